The van der Waals surface area contributed by atoms with Gasteiger partial charge in [-0.25, -0.2) is 4.98 Å². The highest BCUT2D eigenvalue weighted by atomic mass is 16.3. The number of nitrogens with one attached hydrogen (secondary N) is 1. The van der Waals surface area contributed by atoms with Crippen molar-refractivity contribution in [1.29, 1.82) is 0 Å². The minimum absolute atomic E-state index is 0.0533. The Morgan fingerprint density at radius 3 is 3.00 bits per heavy atom. The molecule has 2 heterocycles. The normalized spacial score (nSPS) is 14.3. The first-order valence-corrected chi connectivity index (χ1v) is 6.45. The van der Waals surface area contributed by atoms with Gasteiger partial charge in [0.25, 0.3) is 5.91 Å². The number of carbonyl (C=O) groups is 1. The van der Waals surface area contributed by atoms with Crippen LogP contribution in [0.15, 0.2) is 30.6 Å². The molecule has 0 spiro atoms. The number of carbonyl (C=O) groups excluding carboxylic acids is 1. The van der Waals surface area contributed by atoms with Crippen molar-refractivity contribution in [3.63, 3.8) is 0 Å². The number of aliphatic hydroxyl groups is 1. The molecule has 0 fully saturated rings. The molecule has 1 atom stereocenters. The molecule has 102 valence electrons. The third kappa shape index (κ3) is 2.76. The van der Waals surface area contributed by atoms with Crippen molar-refractivity contribution in [1.82, 2.24) is 14.7 Å². The van der Waals surface area contributed by atoms with Crippen LogP contribution in [0.1, 0.15) is 37.2 Å². The number of hydrogen-bond acceptors (Lipinski definition) is 3. The van der Waals surface area contributed by atoms with Gasteiger partial charge < -0.3 is 10.4 Å². The van der Waals surface area contributed by atoms with Gasteiger partial charge in [-0.3, -0.25) is 9.20 Å². The van der Waals surface area contributed by atoms with E-state index in [9.17, 15) is 4.79 Å². The molecule has 2 N–H and O–H groups in total. The van der Waals surface area contributed by atoms with Crippen molar-refractivity contribution >= 4 is 11.6 Å². The van der Waals surface area contributed by atoms with Crippen LogP contribution in [0.3, 0.4) is 0 Å². The lowest BCUT2D eigenvalue weighted by Crippen LogP contribution is -2.46. The van der Waals surface area contributed by atoms with Gasteiger partial charge in [0.15, 0.2) is 0 Å². The highest BCUT2D eigenvalue weighted by Gasteiger charge is 2.25. The van der Waals surface area contributed by atoms with E-state index in [0.29, 0.717) is 12.1 Å². The minimum atomic E-state index is -0.398. The Labute approximate surface area is 112 Å². The minimum Gasteiger partial charge on any atom is -0.396 e. The predicted octanol–water partition coefficient (Wildman–Crippen LogP) is 1.62. The van der Waals surface area contributed by atoms with Crippen LogP contribution in [0.2, 0.25) is 0 Å². The second kappa shape index (κ2) is 5.40. The zero-order valence-corrected chi connectivity index (χ0v) is 11.3. The van der Waals surface area contributed by atoms with Gasteiger partial charge in [-0.05, 0) is 31.9 Å². The molecule has 19 heavy (non-hydrogen) atoms. The average Bonchev–Trinajstić information content (AvgIpc) is 2.83. The molecule has 1 unspecified atom stereocenters. The summed E-state index contributed by atoms with van der Waals surface area (Å²) in [5, 5.41) is 12.1. The van der Waals surface area contributed by atoms with Gasteiger partial charge in [-0.15, -0.1) is 0 Å². The Morgan fingerprint density at radius 2 is 2.32 bits per heavy atom. The largest absolute Gasteiger partial charge is 0.396 e. The second-order valence-corrected chi connectivity index (χ2v) is 4.91. The van der Waals surface area contributed by atoms with E-state index in [1.54, 1.807) is 10.6 Å². The number of amides is 1. The van der Waals surface area contributed by atoms with Crippen LogP contribution < -0.4 is 5.32 Å². The summed E-state index contributed by atoms with van der Waals surface area (Å²) in [4.78, 5) is 16.5. The molecule has 0 bridgehead atoms. The highest BCUT2D eigenvalue weighted by Crippen LogP contribution is 2.15. The molecule has 2 rings (SSSR count). The molecule has 5 heteroatoms. The summed E-state index contributed by atoms with van der Waals surface area (Å²) in [5.74, 6) is -0.170. The third-order valence-corrected chi connectivity index (χ3v) is 3.51. The average molecular weight is 261 g/mol. The van der Waals surface area contributed by atoms with E-state index in [2.05, 4.69) is 10.3 Å². The Balaban J connectivity index is 2.24. The van der Waals surface area contributed by atoms with Gasteiger partial charge in [0, 0.05) is 18.3 Å². The molecule has 0 radical (unpaired) electrons. The van der Waals surface area contributed by atoms with Crippen molar-refractivity contribution in [2.24, 2.45) is 0 Å². The van der Waals surface area contributed by atoms with Crippen LogP contribution in [0, 0.1) is 0 Å². The molecule has 1 amide bonds. The predicted molar refractivity (Wildman–Crippen MR) is 73.1 cm³/mol. The summed E-state index contributed by atoms with van der Waals surface area (Å²) in [5.41, 5.74) is 0.853. The topological polar surface area (TPSA) is 66.6 Å². The Morgan fingerprint density at radius 1 is 1.53 bits per heavy atom. The zero-order valence-electron chi connectivity index (χ0n) is 11.3. The van der Waals surface area contributed by atoms with Gasteiger partial charge in [0.05, 0.1) is 6.20 Å². The lowest BCUT2D eigenvalue weighted by molar-refractivity contribution is 0.0880. The fraction of sp³-hybridized carbons (Fsp3) is 0.429. The third-order valence-electron chi connectivity index (χ3n) is 3.51. The number of aromatic nitrogens is 2. The van der Waals surface area contributed by atoms with Gasteiger partial charge in [0.1, 0.15) is 11.3 Å². The molecule has 2 aromatic heterocycles. The van der Waals surface area contributed by atoms with Crippen molar-refractivity contribution in [2.75, 3.05) is 6.61 Å². The number of pyridine rings is 1. The molecule has 0 aromatic carbocycles. The van der Waals surface area contributed by atoms with Crippen molar-refractivity contribution in [3.8, 4) is 0 Å². The van der Waals surface area contributed by atoms with Gasteiger partial charge >= 0.3 is 0 Å². The zero-order chi connectivity index (χ0) is 13.9. The first-order chi connectivity index (χ1) is 9.09. The van der Waals surface area contributed by atoms with E-state index >= 15 is 0 Å². The van der Waals surface area contributed by atoms with Crippen LogP contribution in [-0.2, 0) is 0 Å². The standard InChI is InChI=1S/C14H19N3O2/c1-3-14(2,7-9-18)16-13(19)11-10-15-12-6-4-5-8-17(11)12/h4-6,8,10,18H,3,7,9H2,1-2H3,(H,16,19). The second-order valence-electron chi connectivity index (χ2n) is 4.91. The Bertz CT molecular complexity index is 579. The van der Waals surface area contributed by atoms with E-state index in [1.165, 1.54) is 0 Å². The summed E-state index contributed by atoms with van der Waals surface area (Å²) in [6.07, 6.45) is 4.67. The van der Waals surface area contributed by atoms with Gasteiger partial charge in [0.2, 0.25) is 0 Å². The first kappa shape index (κ1) is 13.5. The summed E-state index contributed by atoms with van der Waals surface area (Å²) in [7, 11) is 0. The molecule has 0 saturated heterocycles. The SMILES string of the molecule is CCC(C)(CCO)NC(=O)c1cnc2ccccn12. The number of rotatable bonds is 5. The number of fused-ring (bicyclic) bond motifs is 1. The molecular weight excluding hydrogens is 242 g/mol. The fourth-order valence-corrected chi connectivity index (χ4v) is 2.01. The smallest absolute Gasteiger partial charge is 0.270 e. The fourth-order valence-electron chi connectivity index (χ4n) is 2.01. The van der Waals surface area contributed by atoms with Crippen LogP contribution in [-0.4, -0.2) is 32.5 Å². The number of imidazole rings is 1. The summed E-state index contributed by atoms with van der Waals surface area (Å²) >= 11 is 0. The Hall–Kier alpha value is -1.88. The lowest BCUT2D eigenvalue weighted by atomic mass is 9.95. The lowest BCUT2D eigenvalue weighted by Gasteiger charge is -2.28. The maximum atomic E-state index is 12.3. The van der Waals surface area contributed by atoms with Crippen molar-refractivity contribution < 1.29 is 9.90 Å². The highest BCUT2D eigenvalue weighted by molar-refractivity contribution is 5.93. The van der Waals surface area contributed by atoms with Gasteiger partial charge in [-0.1, -0.05) is 13.0 Å². The van der Waals surface area contributed by atoms with E-state index in [-0.39, 0.29) is 12.5 Å². The van der Waals surface area contributed by atoms with Crippen molar-refractivity contribution in [3.05, 3.63) is 36.3 Å². The summed E-state index contributed by atoms with van der Waals surface area (Å²) in [6, 6.07) is 5.59. The van der Waals surface area contributed by atoms with Gasteiger partial charge in [-0.2, -0.15) is 0 Å². The summed E-state index contributed by atoms with van der Waals surface area (Å²) < 4.78 is 1.75. The summed E-state index contributed by atoms with van der Waals surface area (Å²) in [6.45, 7) is 3.98. The van der Waals surface area contributed by atoms with Crippen LogP contribution in [0.25, 0.3) is 5.65 Å². The Kier molecular flexibility index (Phi) is 3.85. The molecule has 5 nitrogen and oxygen atoms in total. The van der Waals surface area contributed by atoms with E-state index in [1.807, 2.05) is 38.2 Å². The van der Waals surface area contributed by atoms with Crippen LogP contribution >= 0.6 is 0 Å². The molecule has 0 aliphatic heterocycles. The molecule has 0 aliphatic rings. The van der Waals surface area contributed by atoms with Crippen LogP contribution in [0.4, 0.5) is 0 Å². The molecule has 0 saturated carbocycles. The maximum absolute atomic E-state index is 12.3. The molecule has 2 aromatic rings. The van der Waals surface area contributed by atoms with E-state index in [4.69, 9.17) is 5.11 Å². The molecular formula is C14H19N3O2. The number of hydrogen-bond donors (Lipinski definition) is 2. The molecule has 0 aliphatic carbocycles. The quantitative estimate of drug-likeness (QED) is 0.859. The number of aliphatic hydroxyl groups excluding tert-OH is 1. The van der Waals surface area contributed by atoms with E-state index < -0.39 is 5.54 Å². The monoisotopic (exact) mass is 261 g/mol. The van der Waals surface area contributed by atoms with E-state index in [0.717, 1.165) is 12.1 Å². The number of nitrogens with zero attached hydrogens (tertiary/aromatic N) is 2. The van der Waals surface area contributed by atoms with Crippen LogP contribution in [0.5, 0.6) is 0 Å². The van der Waals surface area contributed by atoms with Crippen molar-refractivity contribution in [2.45, 2.75) is 32.2 Å². The first-order valence-electron chi connectivity index (χ1n) is 6.45. The maximum Gasteiger partial charge on any atom is 0.270 e.